The zero-order chi connectivity index (χ0) is 15.0. The fraction of sp³-hybridized carbons (Fsp3) is 0.647. The zero-order valence-electron chi connectivity index (χ0n) is 13.2. The molecule has 1 aliphatic carbocycles. The van der Waals surface area contributed by atoms with Crippen LogP contribution in [0.3, 0.4) is 0 Å². The molecule has 1 aromatic carbocycles. The van der Waals surface area contributed by atoms with Crippen molar-refractivity contribution in [2.24, 2.45) is 0 Å². The zero-order valence-corrected chi connectivity index (χ0v) is 14.0. The van der Waals surface area contributed by atoms with Gasteiger partial charge in [-0.3, -0.25) is 0 Å². The molecule has 2 rings (SSSR count). The second kappa shape index (κ2) is 8.54. The molecule has 1 aromatic rings. The average Bonchev–Trinajstić information content (AvgIpc) is 2.98. The van der Waals surface area contributed by atoms with Crippen LogP contribution < -0.4 is 14.8 Å². The molecule has 4 heteroatoms. The fourth-order valence-electron chi connectivity index (χ4n) is 2.87. The van der Waals surface area contributed by atoms with Crippen LogP contribution in [0.25, 0.3) is 0 Å². The first kappa shape index (κ1) is 16.5. The van der Waals surface area contributed by atoms with Gasteiger partial charge >= 0.3 is 0 Å². The SMILES string of the molecule is CCOc1ccccc1OCCNCC1(SC)CCCC1. The molecule has 0 unspecified atom stereocenters. The number of thioether (sulfide) groups is 1. The van der Waals surface area contributed by atoms with Crippen molar-refractivity contribution in [2.75, 3.05) is 32.6 Å². The Labute approximate surface area is 132 Å². The van der Waals surface area contributed by atoms with E-state index >= 15 is 0 Å². The number of ether oxygens (including phenoxy) is 2. The molecule has 118 valence electrons. The number of para-hydroxylation sites is 2. The van der Waals surface area contributed by atoms with Crippen LogP contribution in [0.5, 0.6) is 11.5 Å². The molecule has 1 N–H and O–H groups in total. The molecular weight excluding hydrogens is 282 g/mol. The lowest BCUT2D eigenvalue weighted by atomic mass is 10.1. The van der Waals surface area contributed by atoms with E-state index in [9.17, 15) is 0 Å². The lowest BCUT2D eigenvalue weighted by molar-refractivity contribution is 0.274. The van der Waals surface area contributed by atoms with E-state index in [-0.39, 0.29) is 0 Å². The maximum Gasteiger partial charge on any atom is 0.161 e. The molecule has 3 nitrogen and oxygen atoms in total. The van der Waals surface area contributed by atoms with Gasteiger partial charge in [0.15, 0.2) is 11.5 Å². The molecule has 0 aliphatic heterocycles. The van der Waals surface area contributed by atoms with Gasteiger partial charge in [-0.15, -0.1) is 0 Å². The summed E-state index contributed by atoms with van der Waals surface area (Å²) in [5.74, 6) is 1.66. The molecule has 0 heterocycles. The number of hydrogen-bond acceptors (Lipinski definition) is 4. The largest absolute Gasteiger partial charge is 0.490 e. The van der Waals surface area contributed by atoms with Gasteiger partial charge in [-0.2, -0.15) is 11.8 Å². The molecule has 0 radical (unpaired) electrons. The van der Waals surface area contributed by atoms with Crippen LogP contribution in [0.2, 0.25) is 0 Å². The number of rotatable bonds is 9. The number of benzene rings is 1. The quantitative estimate of drug-likeness (QED) is 0.704. The normalized spacial score (nSPS) is 16.9. The van der Waals surface area contributed by atoms with Gasteiger partial charge in [0.2, 0.25) is 0 Å². The lowest BCUT2D eigenvalue weighted by Crippen LogP contribution is -2.36. The molecular formula is C17H27NO2S. The van der Waals surface area contributed by atoms with Crippen LogP contribution in [-0.4, -0.2) is 37.3 Å². The molecule has 0 spiro atoms. The van der Waals surface area contributed by atoms with Crippen molar-refractivity contribution in [1.29, 1.82) is 0 Å². The standard InChI is InChI=1S/C17H27NO2S/c1-3-19-15-8-4-5-9-16(15)20-13-12-18-14-17(21-2)10-6-7-11-17/h4-5,8-9,18H,3,6-7,10-14H2,1-2H3. The van der Waals surface area contributed by atoms with E-state index in [4.69, 9.17) is 9.47 Å². The summed E-state index contributed by atoms with van der Waals surface area (Å²) in [6, 6.07) is 7.86. The molecule has 0 bridgehead atoms. The molecule has 1 saturated carbocycles. The Balaban J connectivity index is 1.70. The Morgan fingerprint density at radius 2 is 1.81 bits per heavy atom. The van der Waals surface area contributed by atoms with E-state index in [1.807, 2.05) is 43.0 Å². The molecule has 0 amide bonds. The van der Waals surface area contributed by atoms with Crippen LogP contribution in [-0.2, 0) is 0 Å². The third-order valence-corrected chi connectivity index (χ3v) is 5.50. The molecule has 21 heavy (non-hydrogen) atoms. The van der Waals surface area contributed by atoms with Crippen molar-refractivity contribution in [1.82, 2.24) is 5.32 Å². The first-order valence-corrected chi connectivity index (χ1v) is 9.12. The monoisotopic (exact) mass is 309 g/mol. The van der Waals surface area contributed by atoms with Crippen LogP contribution in [0.4, 0.5) is 0 Å². The molecule has 0 saturated heterocycles. The van der Waals surface area contributed by atoms with Gasteiger partial charge in [0.25, 0.3) is 0 Å². The third kappa shape index (κ3) is 4.82. The van der Waals surface area contributed by atoms with Gasteiger partial charge in [-0.1, -0.05) is 25.0 Å². The minimum Gasteiger partial charge on any atom is -0.490 e. The summed E-state index contributed by atoms with van der Waals surface area (Å²) in [6.07, 6.45) is 7.67. The van der Waals surface area contributed by atoms with E-state index in [2.05, 4.69) is 11.6 Å². The smallest absolute Gasteiger partial charge is 0.161 e. The minimum atomic E-state index is 0.462. The Kier molecular flexibility index (Phi) is 6.71. The van der Waals surface area contributed by atoms with Crippen LogP contribution >= 0.6 is 11.8 Å². The Morgan fingerprint density at radius 1 is 1.14 bits per heavy atom. The third-order valence-electron chi connectivity index (χ3n) is 4.08. The first-order chi connectivity index (χ1) is 10.3. The van der Waals surface area contributed by atoms with E-state index in [1.165, 1.54) is 25.7 Å². The highest BCUT2D eigenvalue weighted by Gasteiger charge is 2.32. The molecule has 1 aliphatic rings. The second-order valence-corrected chi connectivity index (χ2v) is 6.77. The predicted octanol–water partition coefficient (Wildman–Crippen LogP) is 3.73. The summed E-state index contributed by atoms with van der Waals surface area (Å²) in [4.78, 5) is 0. The van der Waals surface area contributed by atoms with Crippen LogP contribution in [0.15, 0.2) is 24.3 Å². The van der Waals surface area contributed by atoms with Gasteiger partial charge in [0.1, 0.15) is 6.61 Å². The van der Waals surface area contributed by atoms with Crippen molar-refractivity contribution in [2.45, 2.75) is 37.4 Å². The second-order valence-electron chi connectivity index (χ2n) is 5.50. The Hall–Kier alpha value is -0.870. The van der Waals surface area contributed by atoms with E-state index in [1.54, 1.807) is 0 Å². The Bertz CT molecular complexity index is 419. The summed E-state index contributed by atoms with van der Waals surface area (Å²) in [6.45, 7) is 5.29. The molecule has 0 aromatic heterocycles. The topological polar surface area (TPSA) is 30.5 Å². The molecule has 0 atom stereocenters. The Morgan fingerprint density at radius 3 is 2.43 bits per heavy atom. The van der Waals surface area contributed by atoms with Gasteiger partial charge < -0.3 is 14.8 Å². The first-order valence-electron chi connectivity index (χ1n) is 7.90. The van der Waals surface area contributed by atoms with Crippen molar-refractivity contribution in [3.63, 3.8) is 0 Å². The van der Waals surface area contributed by atoms with Crippen LogP contribution in [0, 0.1) is 0 Å². The van der Waals surface area contributed by atoms with E-state index in [0.717, 1.165) is 24.6 Å². The molecule has 1 fully saturated rings. The summed E-state index contributed by atoms with van der Waals surface area (Å²) in [7, 11) is 0. The predicted molar refractivity (Wildman–Crippen MR) is 90.7 cm³/mol. The maximum absolute atomic E-state index is 5.83. The summed E-state index contributed by atoms with van der Waals surface area (Å²) in [5, 5.41) is 3.55. The average molecular weight is 309 g/mol. The van der Waals surface area contributed by atoms with Gasteiger partial charge in [-0.05, 0) is 38.2 Å². The van der Waals surface area contributed by atoms with Crippen molar-refractivity contribution < 1.29 is 9.47 Å². The fourth-order valence-corrected chi connectivity index (χ4v) is 3.81. The van der Waals surface area contributed by atoms with Gasteiger partial charge in [0.05, 0.1) is 6.61 Å². The van der Waals surface area contributed by atoms with Crippen molar-refractivity contribution in [3.05, 3.63) is 24.3 Å². The highest BCUT2D eigenvalue weighted by molar-refractivity contribution is 8.00. The summed E-state index contributed by atoms with van der Waals surface area (Å²) >= 11 is 2.02. The van der Waals surface area contributed by atoms with Crippen molar-refractivity contribution in [3.8, 4) is 11.5 Å². The van der Waals surface area contributed by atoms with E-state index < -0.39 is 0 Å². The summed E-state index contributed by atoms with van der Waals surface area (Å²) < 4.78 is 11.8. The lowest BCUT2D eigenvalue weighted by Gasteiger charge is -2.27. The van der Waals surface area contributed by atoms with Gasteiger partial charge in [0, 0.05) is 17.8 Å². The van der Waals surface area contributed by atoms with Crippen LogP contribution in [0.1, 0.15) is 32.6 Å². The summed E-state index contributed by atoms with van der Waals surface area (Å²) in [5.41, 5.74) is 0. The highest BCUT2D eigenvalue weighted by atomic mass is 32.2. The maximum atomic E-state index is 5.83. The highest BCUT2D eigenvalue weighted by Crippen LogP contribution is 2.39. The van der Waals surface area contributed by atoms with E-state index in [0.29, 0.717) is 18.0 Å². The van der Waals surface area contributed by atoms with Gasteiger partial charge in [-0.25, -0.2) is 0 Å². The van der Waals surface area contributed by atoms with Crippen molar-refractivity contribution >= 4 is 11.8 Å². The number of nitrogens with one attached hydrogen (secondary N) is 1. The number of hydrogen-bond donors (Lipinski definition) is 1. The minimum absolute atomic E-state index is 0.462.